The number of methoxy groups -OCH3 is 1. The molecule has 0 aliphatic carbocycles. The Morgan fingerprint density at radius 2 is 1.82 bits per heavy atom. The molecule has 1 aromatic carbocycles. The Morgan fingerprint density at radius 1 is 1.21 bits per heavy atom. The maximum absolute atomic E-state index is 12.9. The number of nitrogens with two attached hydrogens (primary N) is 1. The molecule has 0 radical (unpaired) electrons. The second-order valence-corrected chi connectivity index (χ2v) is 7.49. The first-order chi connectivity index (χ1) is 16.1. The Labute approximate surface area is 203 Å². The number of aliphatic carboxylic acids is 1. The van der Waals surface area contributed by atoms with Gasteiger partial charge < -0.3 is 35.5 Å². The third-order valence-corrected chi connectivity index (χ3v) is 4.97. The average Bonchev–Trinajstić information content (AvgIpc) is 2.79. The van der Waals surface area contributed by atoms with Crippen LogP contribution < -0.4 is 11.1 Å². The van der Waals surface area contributed by atoms with Crippen molar-refractivity contribution < 1.29 is 38.8 Å². The SMILES string of the molecule is CC(O)C(=O)O.CCOC(=O)C1=C(COCCN)NC(C)=C(C(=O)OC)[C@@H]1c1ccccc1Cl. The van der Waals surface area contributed by atoms with Crippen LogP contribution >= 0.6 is 11.6 Å². The fraction of sp³-hybridized carbons (Fsp3) is 0.435. The van der Waals surface area contributed by atoms with Crippen molar-refractivity contribution in [2.75, 3.05) is 33.5 Å². The topological polar surface area (TPSA) is 157 Å². The van der Waals surface area contributed by atoms with Crippen LogP contribution in [0.5, 0.6) is 0 Å². The molecule has 188 valence electrons. The lowest BCUT2D eigenvalue weighted by molar-refractivity contribution is -0.145. The number of esters is 2. The van der Waals surface area contributed by atoms with E-state index in [-0.39, 0.29) is 18.8 Å². The number of hydrogen-bond donors (Lipinski definition) is 4. The molecule has 1 aliphatic heterocycles. The van der Waals surface area contributed by atoms with Crippen LogP contribution in [0, 0.1) is 0 Å². The number of carbonyl (C=O) groups excluding carboxylic acids is 2. The third kappa shape index (κ3) is 7.84. The van der Waals surface area contributed by atoms with Gasteiger partial charge >= 0.3 is 17.9 Å². The van der Waals surface area contributed by atoms with Crippen LogP contribution in [0.3, 0.4) is 0 Å². The van der Waals surface area contributed by atoms with Gasteiger partial charge in [-0.1, -0.05) is 29.8 Å². The van der Waals surface area contributed by atoms with Gasteiger partial charge in [0.2, 0.25) is 0 Å². The maximum atomic E-state index is 12.9. The van der Waals surface area contributed by atoms with Crippen molar-refractivity contribution >= 4 is 29.5 Å². The Morgan fingerprint density at radius 3 is 2.32 bits per heavy atom. The first-order valence-corrected chi connectivity index (χ1v) is 10.9. The zero-order valence-corrected chi connectivity index (χ0v) is 20.3. The van der Waals surface area contributed by atoms with Gasteiger partial charge in [-0.2, -0.15) is 0 Å². The van der Waals surface area contributed by atoms with E-state index in [1.54, 1.807) is 38.1 Å². The summed E-state index contributed by atoms with van der Waals surface area (Å²) in [5, 5.41) is 19.3. The van der Waals surface area contributed by atoms with E-state index in [9.17, 15) is 14.4 Å². The molecule has 2 rings (SSSR count). The summed E-state index contributed by atoms with van der Waals surface area (Å²) in [6, 6.07) is 7.05. The normalized spacial score (nSPS) is 16.1. The quantitative estimate of drug-likeness (QED) is 0.292. The van der Waals surface area contributed by atoms with Crippen LogP contribution in [0.2, 0.25) is 5.02 Å². The maximum Gasteiger partial charge on any atom is 0.336 e. The molecule has 1 unspecified atom stereocenters. The number of nitrogens with one attached hydrogen (secondary N) is 1. The molecule has 0 saturated carbocycles. The summed E-state index contributed by atoms with van der Waals surface area (Å²) < 4.78 is 15.8. The number of hydrogen-bond acceptors (Lipinski definition) is 9. The zero-order chi connectivity index (χ0) is 25.8. The highest BCUT2D eigenvalue weighted by Crippen LogP contribution is 2.41. The van der Waals surface area contributed by atoms with Crippen LogP contribution in [0.25, 0.3) is 0 Å². The van der Waals surface area contributed by atoms with Crippen LogP contribution in [0.15, 0.2) is 46.8 Å². The minimum absolute atomic E-state index is 0.109. The van der Waals surface area contributed by atoms with Gasteiger partial charge in [-0.15, -0.1) is 0 Å². The van der Waals surface area contributed by atoms with Gasteiger partial charge in [0.05, 0.1) is 49.7 Å². The summed E-state index contributed by atoms with van der Waals surface area (Å²) in [7, 11) is 1.29. The average molecular weight is 499 g/mol. The molecule has 0 saturated heterocycles. The first kappa shape index (κ1) is 29.1. The van der Waals surface area contributed by atoms with Crippen molar-refractivity contribution in [1.82, 2.24) is 5.32 Å². The smallest absolute Gasteiger partial charge is 0.336 e. The number of carbonyl (C=O) groups is 3. The van der Waals surface area contributed by atoms with Crippen molar-refractivity contribution in [1.29, 1.82) is 0 Å². The van der Waals surface area contributed by atoms with Crippen LogP contribution in [-0.4, -0.2) is 67.7 Å². The van der Waals surface area contributed by atoms with Crippen molar-refractivity contribution in [3.05, 3.63) is 57.4 Å². The molecular formula is C23H31ClN2O8. The molecule has 0 amide bonds. The number of dihydropyridines is 1. The number of aliphatic hydroxyl groups is 1. The van der Waals surface area contributed by atoms with E-state index >= 15 is 0 Å². The van der Waals surface area contributed by atoms with E-state index in [1.165, 1.54) is 14.0 Å². The molecular weight excluding hydrogens is 468 g/mol. The van der Waals surface area contributed by atoms with Crippen molar-refractivity contribution in [2.24, 2.45) is 5.73 Å². The summed E-state index contributed by atoms with van der Waals surface area (Å²) in [5.74, 6) is -3.05. The number of ether oxygens (including phenoxy) is 3. The van der Waals surface area contributed by atoms with E-state index in [4.69, 9.17) is 41.8 Å². The zero-order valence-electron chi connectivity index (χ0n) is 19.6. The van der Waals surface area contributed by atoms with E-state index in [0.29, 0.717) is 40.7 Å². The van der Waals surface area contributed by atoms with Gasteiger partial charge in [-0.25, -0.2) is 14.4 Å². The largest absolute Gasteiger partial charge is 0.479 e. The molecule has 11 heteroatoms. The molecule has 34 heavy (non-hydrogen) atoms. The highest BCUT2D eigenvalue weighted by atomic mass is 35.5. The molecule has 5 N–H and O–H groups in total. The number of rotatable bonds is 9. The number of allylic oxidation sites excluding steroid dienone is 1. The molecule has 0 fully saturated rings. The second-order valence-electron chi connectivity index (χ2n) is 7.08. The number of aliphatic hydroxyl groups excluding tert-OH is 1. The lowest BCUT2D eigenvalue weighted by Gasteiger charge is -2.31. The number of carboxylic acid groups (broad SMARTS) is 1. The van der Waals surface area contributed by atoms with Gasteiger partial charge in [-0.05, 0) is 32.4 Å². The Bertz CT molecular complexity index is 943. The summed E-state index contributed by atoms with van der Waals surface area (Å²) in [4.78, 5) is 34.9. The third-order valence-electron chi connectivity index (χ3n) is 4.63. The molecule has 1 heterocycles. The van der Waals surface area contributed by atoms with Gasteiger partial charge in [0.25, 0.3) is 0 Å². The Hall–Kier alpha value is -2.92. The van der Waals surface area contributed by atoms with Gasteiger partial charge in [0, 0.05) is 17.3 Å². The van der Waals surface area contributed by atoms with Gasteiger partial charge in [0.1, 0.15) is 6.10 Å². The molecule has 10 nitrogen and oxygen atoms in total. The number of carboxylic acids is 1. The van der Waals surface area contributed by atoms with Crippen LogP contribution in [-0.2, 0) is 28.6 Å². The molecule has 0 spiro atoms. The summed E-state index contributed by atoms with van der Waals surface area (Å²) in [6.07, 6.45) is -1.23. The van der Waals surface area contributed by atoms with E-state index < -0.39 is 29.9 Å². The van der Waals surface area contributed by atoms with Gasteiger partial charge in [-0.3, -0.25) is 0 Å². The minimum atomic E-state index is -1.23. The van der Waals surface area contributed by atoms with Crippen molar-refractivity contribution in [3.63, 3.8) is 0 Å². The lowest BCUT2D eigenvalue weighted by atomic mass is 9.80. The van der Waals surface area contributed by atoms with Crippen LogP contribution in [0.4, 0.5) is 0 Å². The summed E-state index contributed by atoms with van der Waals surface area (Å²) in [6.45, 7) is 5.61. The molecule has 0 aromatic heterocycles. The van der Waals surface area contributed by atoms with Crippen molar-refractivity contribution in [2.45, 2.75) is 32.8 Å². The summed E-state index contributed by atoms with van der Waals surface area (Å²) >= 11 is 6.42. The van der Waals surface area contributed by atoms with Crippen molar-refractivity contribution in [3.8, 4) is 0 Å². The number of halogens is 1. The predicted octanol–water partition coefficient (Wildman–Crippen LogP) is 1.72. The standard InChI is InChI=1S/C20H25ClN2O5.C3H6O3/c1-4-28-20(25)18-15(11-27-10-9-22)23-12(2)16(19(24)26-3)17(18)13-7-5-6-8-14(13)21;1-2(4)3(5)6/h5-8,17,23H,4,9-11,22H2,1-3H3;2,4H,1H3,(H,5,6)/t17-;/m0./s1. The molecule has 2 atom stereocenters. The fourth-order valence-corrected chi connectivity index (χ4v) is 3.36. The molecule has 1 aromatic rings. The highest BCUT2D eigenvalue weighted by Gasteiger charge is 2.39. The highest BCUT2D eigenvalue weighted by molar-refractivity contribution is 6.31. The summed E-state index contributed by atoms with van der Waals surface area (Å²) in [5.41, 5.74) is 7.70. The van der Waals surface area contributed by atoms with Gasteiger partial charge in [0.15, 0.2) is 0 Å². The van der Waals surface area contributed by atoms with Crippen LogP contribution in [0.1, 0.15) is 32.3 Å². The van der Waals surface area contributed by atoms with E-state index in [2.05, 4.69) is 5.32 Å². The van der Waals surface area contributed by atoms with E-state index in [0.717, 1.165) is 0 Å². The first-order valence-electron chi connectivity index (χ1n) is 10.5. The van der Waals surface area contributed by atoms with E-state index in [1.807, 2.05) is 0 Å². The Kier molecular flexibility index (Phi) is 12.3. The minimum Gasteiger partial charge on any atom is -0.479 e. The molecule has 0 bridgehead atoms. The number of benzene rings is 1. The predicted molar refractivity (Wildman–Crippen MR) is 125 cm³/mol. The fourth-order valence-electron chi connectivity index (χ4n) is 3.12. The molecule has 1 aliphatic rings. The Balaban J connectivity index is 0.000000852. The lowest BCUT2D eigenvalue weighted by Crippen LogP contribution is -2.35. The monoisotopic (exact) mass is 498 g/mol. The second kappa shape index (κ2) is 14.4.